The van der Waals surface area contributed by atoms with Crippen molar-refractivity contribution >= 4 is 16.8 Å². The average Bonchev–Trinajstić information content (AvgIpc) is 3.05. The zero-order chi connectivity index (χ0) is 23.3. The van der Waals surface area contributed by atoms with Crippen molar-refractivity contribution in [3.63, 3.8) is 0 Å². The van der Waals surface area contributed by atoms with E-state index in [2.05, 4.69) is 10.3 Å². The molecule has 2 aliphatic rings. The average molecular weight is 462 g/mol. The van der Waals surface area contributed by atoms with Gasteiger partial charge in [-0.05, 0) is 72.1 Å². The first-order chi connectivity index (χ1) is 15.7. The van der Waals surface area contributed by atoms with E-state index < -0.39 is 23.4 Å². The number of aromatic nitrogens is 1. The molecule has 174 valence electrons. The van der Waals surface area contributed by atoms with Gasteiger partial charge in [-0.3, -0.25) is 4.79 Å². The van der Waals surface area contributed by atoms with Crippen molar-refractivity contribution in [1.82, 2.24) is 10.3 Å². The third kappa shape index (κ3) is 4.35. The summed E-state index contributed by atoms with van der Waals surface area (Å²) in [5, 5.41) is 3.29. The number of rotatable bonds is 6. The Balaban J connectivity index is 1.29. The highest BCUT2D eigenvalue weighted by molar-refractivity contribution is 5.92. The SMILES string of the molecule is O=C(CC1CC(F)(F)C1)NCC1CC(c2c(-c3ccc(F)cc3)[nH]c3c(F)cc(F)cc23)C1. The van der Waals surface area contributed by atoms with E-state index >= 15 is 0 Å². The molecule has 0 radical (unpaired) electrons. The van der Waals surface area contributed by atoms with E-state index in [-0.39, 0.29) is 48.4 Å². The first-order valence-electron chi connectivity index (χ1n) is 11.1. The Morgan fingerprint density at radius 1 is 1.00 bits per heavy atom. The van der Waals surface area contributed by atoms with Gasteiger partial charge in [-0.15, -0.1) is 0 Å². The highest BCUT2D eigenvalue weighted by atomic mass is 19.3. The molecule has 33 heavy (non-hydrogen) atoms. The standard InChI is InChI=1S/C25H23F5N2O/c26-17-3-1-15(2-4-17)23-22(19-8-18(27)9-20(28)24(19)32-23)16-5-13(6-16)12-31-21(33)7-14-10-25(29,30)11-14/h1-4,8-9,13-14,16,32H,5-7,10-12H2,(H,31,33). The highest BCUT2D eigenvalue weighted by Crippen LogP contribution is 2.48. The molecule has 5 rings (SSSR count). The van der Waals surface area contributed by atoms with Crippen LogP contribution in [0.3, 0.4) is 0 Å². The zero-order valence-corrected chi connectivity index (χ0v) is 17.7. The van der Waals surface area contributed by atoms with Gasteiger partial charge >= 0.3 is 0 Å². The second-order valence-corrected chi connectivity index (χ2v) is 9.40. The van der Waals surface area contributed by atoms with Crippen LogP contribution in [-0.2, 0) is 4.79 Å². The Kier molecular flexibility index (Phi) is 5.41. The lowest BCUT2D eigenvalue weighted by atomic mass is 9.70. The first-order valence-corrected chi connectivity index (χ1v) is 11.1. The fourth-order valence-corrected chi connectivity index (χ4v) is 5.17. The number of carbonyl (C=O) groups is 1. The summed E-state index contributed by atoms with van der Waals surface area (Å²) < 4.78 is 67.7. The van der Waals surface area contributed by atoms with E-state index in [1.54, 1.807) is 12.1 Å². The van der Waals surface area contributed by atoms with Gasteiger partial charge in [-0.2, -0.15) is 0 Å². The van der Waals surface area contributed by atoms with Crippen molar-refractivity contribution in [2.75, 3.05) is 6.54 Å². The molecule has 3 aromatic rings. The van der Waals surface area contributed by atoms with Crippen molar-refractivity contribution in [3.05, 3.63) is 59.4 Å². The van der Waals surface area contributed by atoms with Gasteiger partial charge in [0.15, 0.2) is 0 Å². The molecule has 8 heteroatoms. The molecule has 0 spiro atoms. The van der Waals surface area contributed by atoms with E-state index in [1.165, 1.54) is 18.2 Å². The van der Waals surface area contributed by atoms with E-state index in [0.29, 0.717) is 36.0 Å². The number of nitrogens with one attached hydrogen (secondary N) is 2. The van der Waals surface area contributed by atoms with Crippen molar-refractivity contribution in [3.8, 4) is 11.3 Å². The van der Waals surface area contributed by atoms with Gasteiger partial charge in [0.05, 0.1) is 11.2 Å². The lowest BCUT2D eigenvalue weighted by Gasteiger charge is -2.37. The Morgan fingerprint density at radius 2 is 1.70 bits per heavy atom. The Morgan fingerprint density at radius 3 is 2.36 bits per heavy atom. The summed E-state index contributed by atoms with van der Waals surface area (Å²) in [5.74, 6) is -4.66. The van der Waals surface area contributed by atoms with E-state index in [0.717, 1.165) is 11.6 Å². The molecule has 1 aromatic heterocycles. The molecule has 3 nitrogen and oxygen atoms in total. The maximum absolute atomic E-state index is 14.5. The van der Waals surface area contributed by atoms with Crippen LogP contribution < -0.4 is 5.32 Å². The number of hydrogen-bond acceptors (Lipinski definition) is 1. The molecule has 0 atom stereocenters. The van der Waals surface area contributed by atoms with Crippen LogP contribution in [0.2, 0.25) is 0 Å². The number of benzene rings is 2. The van der Waals surface area contributed by atoms with Gasteiger partial charge in [0.25, 0.3) is 0 Å². The molecule has 2 fully saturated rings. The number of hydrogen-bond donors (Lipinski definition) is 2. The molecule has 0 unspecified atom stereocenters. The van der Waals surface area contributed by atoms with E-state index in [9.17, 15) is 26.7 Å². The minimum atomic E-state index is -2.63. The Labute approximate surface area is 187 Å². The summed E-state index contributed by atoms with van der Waals surface area (Å²) in [6.45, 7) is 0.440. The Bertz CT molecular complexity index is 1190. The summed E-state index contributed by atoms with van der Waals surface area (Å²) in [4.78, 5) is 15.1. The quantitative estimate of drug-likeness (QED) is 0.415. The van der Waals surface area contributed by atoms with Crippen LogP contribution in [0.25, 0.3) is 22.2 Å². The molecule has 2 saturated carbocycles. The summed E-state index contributed by atoms with van der Waals surface area (Å²) in [5.41, 5.74) is 2.30. The molecule has 2 N–H and O–H groups in total. The number of alkyl halides is 2. The fraction of sp³-hybridized carbons (Fsp3) is 0.400. The number of carbonyl (C=O) groups excluding carboxylic acids is 1. The van der Waals surface area contributed by atoms with Gasteiger partial charge in [-0.25, -0.2) is 22.0 Å². The van der Waals surface area contributed by atoms with Crippen LogP contribution in [0, 0.1) is 29.3 Å². The number of halogens is 5. The molecular weight excluding hydrogens is 439 g/mol. The molecule has 1 amide bonds. The largest absolute Gasteiger partial charge is 0.356 e. The maximum atomic E-state index is 14.5. The smallest absolute Gasteiger partial charge is 0.248 e. The minimum absolute atomic E-state index is 0.0206. The van der Waals surface area contributed by atoms with Crippen LogP contribution in [0.5, 0.6) is 0 Å². The van der Waals surface area contributed by atoms with E-state index in [1.807, 2.05) is 0 Å². The van der Waals surface area contributed by atoms with Crippen LogP contribution in [-0.4, -0.2) is 23.4 Å². The van der Waals surface area contributed by atoms with Gasteiger partial charge in [-0.1, -0.05) is 0 Å². The van der Waals surface area contributed by atoms with Crippen LogP contribution >= 0.6 is 0 Å². The van der Waals surface area contributed by atoms with Crippen LogP contribution in [0.15, 0.2) is 36.4 Å². The van der Waals surface area contributed by atoms with Gasteiger partial charge in [0, 0.05) is 37.3 Å². The van der Waals surface area contributed by atoms with E-state index in [4.69, 9.17) is 0 Å². The Hall–Kier alpha value is -2.90. The van der Waals surface area contributed by atoms with Crippen molar-refractivity contribution in [1.29, 1.82) is 0 Å². The normalized spacial score (nSPS) is 22.1. The number of aromatic amines is 1. The lowest BCUT2D eigenvalue weighted by Crippen LogP contribution is -2.40. The number of H-pyrrole nitrogens is 1. The topological polar surface area (TPSA) is 44.9 Å². The monoisotopic (exact) mass is 462 g/mol. The van der Waals surface area contributed by atoms with Gasteiger partial charge < -0.3 is 10.3 Å². The summed E-state index contributed by atoms with van der Waals surface area (Å²) in [6.07, 6.45) is 1.07. The minimum Gasteiger partial charge on any atom is -0.356 e. The van der Waals surface area contributed by atoms with Crippen molar-refractivity contribution < 1.29 is 26.7 Å². The zero-order valence-electron chi connectivity index (χ0n) is 17.7. The number of fused-ring (bicyclic) bond motifs is 1. The van der Waals surface area contributed by atoms with Gasteiger partial charge in [0.1, 0.15) is 17.5 Å². The molecule has 0 bridgehead atoms. The molecule has 2 aliphatic carbocycles. The first kappa shape index (κ1) is 21.9. The van der Waals surface area contributed by atoms with Crippen LogP contribution in [0.4, 0.5) is 22.0 Å². The fourth-order valence-electron chi connectivity index (χ4n) is 5.17. The third-order valence-corrected chi connectivity index (χ3v) is 6.88. The summed E-state index contributed by atoms with van der Waals surface area (Å²) in [6, 6.07) is 7.96. The third-order valence-electron chi connectivity index (χ3n) is 6.88. The molecule has 1 heterocycles. The maximum Gasteiger partial charge on any atom is 0.248 e. The second kappa shape index (κ2) is 8.15. The van der Waals surface area contributed by atoms with Crippen molar-refractivity contribution in [2.24, 2.45) is 11.8 Å². The lowest BCUT2D eigenvalue weighted by molar-refractivity contribution is -0.133. The predicted octanol–water partition coefficient (Wildman–Crippen LogP) is 6.30. The second-order valence-electron chi connectivity index (χ2n) is 9.40. The molecular formula is C25H23F5N2O. The highest BCUT2D eigenvalue weighted by Gasteiger charge is 2.45. The summed E-state index contributed by atoms with van der Waals surface area (Å²) >= 11 is 0. The predicted molar refractivity (Wildman–Crippen MR) is 114 cm³/mol. The summed E-state index contributed by atoms with van der Waals surface area (Å²) in [7, 11) is 0. The van der Waals surface area contributed by atoms with Gasteiger partial charge in [0.2, 0.25) is 11.8 Å². The molecule has 0 saturated heterocycles. The number of amides is 1. The molecule has 2 aromatic carbocycles. The van der Waals surface area contributed by atoms with Crippen molar-refractivity contribution in [2.45, 2.75) is 43.9 Å². The molecule has 0 aliphatic heterocycles. The van der Waals surface area contributed by atoms with Crippen LogP contribution in [0.1, 0.15) is 43.6 Å².